The van der Waals surface area contributed by atoms with Crippen molar-refractivity contribution < 1.29 is 26.8 Å². The molecule has 14 heteroatoms. The van der Waals surface area contributed by atoms with Gasteiger partial charge in [-0.2, -0.15) is 23.5 Å². The van der Waals surface area contributed by atoms with Crippen LogP contribution in [0.3, 0.4) is 0 Å². The number of hydrogen-bond donors (Lipinski definition) is 1. The number of hydroxylamine groups is 2. The third-order valence-electron chi connectivity index (χ3n) is 9.17. The SMILES string of the molecule is CCN1CCN(c2ccc(S(=O)(=O)[C@@H]3C[C@@H](N(O)CCCCC4(C#N)CC4)N(c4ncccc4C(F)(F)F)C3)c(Cl)c2)CC1. The Labute approximate surface area is 261 Å². The van der Waals surface area contributed by atoms with E-state index in [0.29, 0.717) is 19.3 Å². The number of benzene rings is 1. The molecule has 5 rings (SSSR count). The maximum absolute atomic E-state index is 14.0. The molecule has 3 heterocycles. The van der Waals surface area contributed by atoms with E-state index in [1.54, 1.807) is 12.1 Å². The van der Waals surface area contributed by atoms with Crippen LogP contribution in [0.1, 0.15) is 51.0 Å². The lowest BCUT2D eigenvalue weighted by molar-refractivity contribution is -0.138. The topological polar surface area (TPSA) is 104 Å². The molecule has 3 fully saturated rings. The van der Waals surface area contributed by atoms with Gasteiger partial charge in [-0.3, -0.25) is 0 Å². The highest BCUT2D eigenvalue weighted by molar-refractivity contribution is 7.92. The standard InChI is InChI=1S/C30H38ClF3N6O3S/c1-2-37-14-16-38(17-15-37)22-7-8-26(25(31)18-22)44(42,43)23-19-27(40(41)13-4-3-9-29(21-35)10-11-29)39(20-23)28-24(30(32,33)34)6-5-12-36-28/h5-8,12,18,23,27,41H,2-4,9-11,13-17,19-20H2,1H3/t23-,27-/m1/s1. The second-order valence-corrected chi connectivity index (χ2v) is 14.6. The Balaban J connectivity index is 1.37. The van der Waals surface area contributed by atoms with Crippen LogP contribution in [0.5, 0.6) is 0 Å². The molecule has 44 heavy (non-hydrogen) atoms. The normalized spacial score (nSPS) is 22.4. The molecule has 2 atom stereocenters. The Morgan fingerprint density at radius 2 is 1.91 bits per heavy atom. The van der Waals surface area contributed by atoms with E-state index in [4.69, 9.17) is 11.6 Å². The van der Waals surface area contributed by atoms with E-state index in [1.807, 2.05) is 0 Å². The van der Waals surface area contributed by atoms with Crippen LogP contribution in [-0.2, 0) is 16.0 Å². The van der Waals surface area contributed by atoms with Crippen molar-refractivity contribution in [2.45, 2.75) is 67.9 Å². The van der Waals surface area contributed by atoms with E-state index in [0.717, 1.165) is 62.4 Å². The molecule has 1 aromatic heterocycles. The fourth-order valence-corrected chi connectivity index (χ4v) is 8.46. The second kappa shape index (κ2) is 13.0. The Morgan fingerprint density at radius 3 is 2.52 bits per heavy atom. The van der Waals surface area contributed by atoms with Crippen LogP contribution < -0.4 is 9.80 Å². The maximum Gasteiger partial charge on any atom is 0.419 e. The van der Waals surface area contributed by atoms with Crippen LogP contribution in [-0.4, -0.2) is 85.8 Å². The van der Waals surface area contributed by atoms with Gasteiger partial charge >= 0.3 is 6.18 Å². The van der Waals surface area contributed by atoms with Crippen molar-refractivity contribution in [2.75, 3.05) is 55.6 Å². The van der Waals surface area contributed by atoms with Crippen molar-refractivity contribution in [3.63, 3.8) is 0 Å². The van der Waals surface area contributed by atoms with Crippen LogP contribution in [0.25, 0.3) is 0 Å². The average Bonchev–Trinajstić information content (AvgIpc) is 3.65. The second-order valence-electron chi connectivity index (χ2n) is 12.0. The number of nitriles is 1. The van der Waals surface area contributed by atoms with Gasteiger partial charge in [0.25, 0.3) is 0 Å². The van der Waals surface area contributed by atoms with Crippen molar-refractivity contribution in [2.24, 2.45) is 5.41 Å². The number of anilines is 2. The van der Waals surface area contributed by atoms with Crippen molar-refractivity contribution in [1.29, 1.82) is 5.26 Å². The minimum atomic E-state index is -4.73. The van der Waals surface area contributed by atoms with Crippen LogP contribution >= 0.6 is 11.6 Å². The minimum Gasteiger partial charge on any atom is -0.369 e. The Morgan fingerprint density at radius 1 is 1.18 bits per heavy atom. The zero-order chi connectivity index (χ0) is 31.7. The molecule has 0 radical (unpaired) electrons. The lowest BCUT2D eigenvalue weighted by atomic mass is 10.0. The van der Waals surface area contributed by atoms with Gasteiger partial charge in [-0.25, -0.2) is 13.4 Å². The first-order valence-corrected chi connectivity index (χ1v) is 17.0. The van der Waals surface area contributed by atoms with E-state index < -0.39 is 38.8 Å². The third kappa shape index (κ3) is 6.94. The molecule has 1 N–H and O–H groups in total. The van der Waals surface area contributed by atoms with Gasteiger partial charge in [0.2, 0.25) is 0 Å². The molecule has 9 nitrogen and oxygen atoms in total. The summed E-state index contributed by atoms with van der Waals surface area (Å²) >= 11 is 6.57. The predicted molar refractivity (Wildman–Crippen MR) is 161 cm³/mol. The number of alkyl halides is 3. The highest BCUT2D eigenvalue weighted by Gasteiger charge is 2.47. The number of nitrogens with zero attached hydrogens (tertiary/aromatic N) is 6. The van der Waals surface area contributed by atoms with Crippen molar-refractivity contribution in [3.05, 3.63) is 47.1 Å². The molecular formula is C30H38ClF3N6O3S. The first-order valence-electron chi connectivity index (χ1n) is 15.0. The molecule has 1 saturated carbocycles. The summed E-state index contributed by atoms with van der Waals surface area (Å²) in [5.74, 6) is -0.434. The summed E-state index contributed by atoms with van der Waals surface area (Å²) in [5.41, 5.74) is -0.496. The minimum absolute atomic E-state index is 0.0524. The molecule has 1 aromatic carbocycles. The van der Waals surface area contributed by atoms with Crippen LogP contribution in [0.4, 0.5) is 24.7 Å². The first kappa shape index (κ1) is 32.8. The number of unbranched alkanes of at least 4 members (excludes halogenated alkanes) is 1. The molecule has 0 amide bonds. The van der Waals surface area contributed by atoms with Crippen LogP contribution in [0.15, 0.2) is 41.4 Å². The lowest BCUT2D eigenvalue weighted by Crippen LogP contribution is -2.46. The fraction of sp³-hybridized carbons (Fsp3) is 0.600. The number of aromatic nitrogens is 1. The number of pyridine rings is 1. The third-order valence-corrected chi connectivity index (χ3v) is 11.8. The van der Waals surface area contributed by atoms with Gasteiger partial charge in [0, 0.05) is 57.6 Å². The fourth-order valence-electron chi connectivity index (χ4n) is 6.23. The quantitative estimate of drug-likeness (QED) is 0.251. The molecule has 240 valence electrons. The van der Waals surface area contributed by atoms with Gasteiger partial charge in [0.1, 0.15) is 12.0 Å². The van der Waals surface area contributed by atoms with Gasteiger partial charge in [-0.15, -0.1) is 0 Å². The van der Waals surface area contributed by atoms with E-state index in [9.17, 15) is 32.1 Å². The van der Waals surface area contributed by atoms with Gasteiger partial charge in [0.15, 0.2) is 9.84 Å². The first-order chi connectivity index (χ1) is 20.9. The van der Waals surface area contributed by atoms with Gasteiger partial charge in [-0.1, -0.05) is 24.9 Å². The molecule has 0 bridgehead atoms. The number of hydrogen-bond acceptors (Lipinski definition) is 9. The number of rotatable bonds is 11. The maximum atomic E-state index is 14.0. The molecule has 2 aliphatic heterocycles. The van der Waals surface area contributed by atoms with Crippen molar-refractivity contribution in [3.8, 4) is 6.07 Å². The largest absolute Gasteiger partial charge is 0.419 e. The zero-order valence-corrected chi connectivity index (χ0v) is 26.3. The summed E-state index contributed by atoms with van der Waals surface area (Å²) in [6, 6.07) is 9.23. The highest BCUT2D eigenvalue weighted by Crippen LogP contribution is 2.49. The molecule has 1 aliphatic carbocycles. The summed E-state index contributed by atoms with van der Waals surface area (Å²) < 4.78 is 69.9. The monoisotopic (exact) mass is 654 g/mol. The summed E-state index contributed by atoms with van der Waals surface area (Å²) in [6.45, 7) is 6.20. The number of likely N-dealkylation sites (N-methyl/N-ethyl adjacent to an activating group) is 1. The molecule has 0 unspecified atom stereocenters. The van der Waals surface area contributed by atoms with E-state index in [-0.39, 0.29) is 34.8 Å². The molecule has 0 spiro atoms. The van der Waals surface area contributed by atoms with Crippen LogP contribution in [0.2, 0.25) is 5.02 Å². The van der Waals surface area contributed by atoms with E-state index in [1.165, 1.54) is 23.2 Å². The summed E-state index contributed by atoms with van der Waals surface area (Å²) in [7, 11) is -4.11. The number of sulfone groups is 1. The Kier molecular flexibility index (Phi) is 9.68. The smallest absolute Gasteiger partial charge is 0.369 e. The van der Waals surface area contributed by atoms with Gasteiger partial charge in [0.05, 0.1) is 32.2 Å². The molecule has 2 aromatic rings. The van der Waals surface area contributed by atoms with Gasteiger partial charge < -0.3 is 19.9 Å². The van der Waals surface area contributed by atoms with Gasteiger partial charge in [-0.05, 0) is 62.6 Å². The Bertz CT molecular complexity index is 1480. The molecule has 2 saturated heterocycles. The summed E-state index contributed by atoms with van der Waals surface area (Å²) in [5, 5.41) is 20.2. The molecular weight excluding hydrogens is 617 g/mol. The van der Waals surface area contributed by atoms with Crippen LogP contribution in [0, 0.1) is 16.7 Å². The van der Waals surface area contributed by atoms with E-state index in [2.05, 4.69) is 27.8 Å². The zero-order valence-electron chi connectivity index (χ0n) is 24.7. The number of piperazine rings is 1. The van der Waals surface area contributed by atoms with Crippen molar-refractivity contribution in [1.82, 2.24) is 14.9 Å². The van der Waals surface area contributed by atoms with E-state index >= 15 is 0 Å². The summed E-state index contributed by atoms with van der Waals surface area (Å²) in [6.07, 6.45) is -1.19. The predicted octanol–water partition coefficient (Wildman–Crippen LogP) is 5.44. The lowest BCUT2D eigenvalue weighted by Gasteiger charge is -2.35. The Hall–Kier alpha value is -2.63. The average molecular weight is 655 g/mol. The summed E-state index contributed by atoms with van der Waals surface area (Å²) in [4.78, 5) is 9.61. The highest BCUT2D eigenvalue weighted by atomic mass is 35.5. The number of halogens is 4. The molecule has 3 aliphatic rings. The van der Waals surface area contributed by atoms with Crippen molar-refractivity contribution >= 4 is 32.9 Å².